The predicted octanol–water partition coefficient (Wildman–Crippen LogP) is 3.29. The molecule has 1 saturated heterocycles. The van der Waals surface area contributed by atoms with E-state index in [-0.39, 0.29) is 5.91 Å². The molecule has 0 radical (unpaired) electrons. The highest BCUT2D eigenvalue weighted by atomic mass is 16.5. The van der Waals surface area contributed by atoms with Gasteiger partial charge in [-0.25, -0.2) is 0 Å². The summed E-state index contributed by atoms with van der Waals surface area (Å²) < 4.78 is 5.45. The van der Waals surface area contributed by atoms with Crippen molar-refractivity contribution in [2.24, 2.45) is 0 Å². The summed E-state index contributed by atoms with van der Waals surface area (Å²) in [5, 5.41) is 0. The lowest BCUT2D eigenvalue weighted by Gasteiger charge is -2.36. The van der Waals surface area contributed by atoms with E-state index in [0.717, 1.165) is 44.0 Å². The molecule has 25 heavy (non-hydrogen) atoms. The van der Waals surface area contributed by atoms with Crippen LogP contribution in [0.5, 0.6) is 5.75 Å². The van der Waals surface area contributed by atoms with Gasteiger partial charge in [0.05, 0.1) is 12.8 Å². The molecule has 0 unspecified atom stereocenters. The SMILES string of the molecule is COc1ccccc1N1CCN(C(=O)CCc2cccc(C)c2)CC1. The van der Waals surface area contributed by atoms with Crippen LogP contribution in [-0.2, 0) is 11.2 Å². The summed E-state index contributed by atoms with van der Waals surface area (Å²) in [4.78, 5) is 16.8. The highest BCUT2D eigenvalue weighted by molar-refractivity contribution is 5.77. The number of nitrogens with zero attached hydrogens (tertiary/aromatic N) is 2. The molecule has 132 valence electrons. The number of para-hydroxylation sites is 2. The Hall–Kier alpha value is -2.49. The van der Waals surface area contributed by atoms with Crippen molar-refractivity contribution in [3.8, 4) is 5.75 Å². The van der Waals surface area contributed by atoms with Crippen molar-refractivity contribution < 1.29 is 9.53 Å². The van der Waals surface area contributed by atoms with Crippen molar-refractivity contribution in [1.29, 1.82) is 0 Å². The van der Waals surface area contributed by atoms with Crippen molar-refractivity contribution in [3.63, 3.8) is 0 Å². The van der Waals surface area contributed by atoms with Crippen molar-refractivity contribution in [2.45, 2.75) is 19.8 Å². The minimum atomic E-state index is 0.251. The highest BCUT2D eigenvalue weighted by Crippen LogP contribution is 2.28. The Labute approximate surface area is 150 Å². The second-order valence-electron chi connectivity index (χ2n) is 6.53. The van der Waals surface area contributed by atoms with Gasteiger partial charge in [0.25, 0.3) is 0 Å². The third-order valence-corrected chi connectivity index (χ3v) is 4.77. The summed E-state index contributed by atoms with van der Waals surface area (Å²) in [6.07, 6.45) is 1.39. The van der Waals surface area contributed by atoms with Crippen LogP contribution in [-0.4, -0.2) is 44.1 Å². The zero-order valence-electron chi connectivity index (χ0n) is 15.1. The van der Waals surface area contributed by atoms with Crippen LogP contribution in [0.15, 0.2) is 48.5 Å². The van der Waals surface area contributed by atoms with E-state index in [9.17, 15) is 4.79 Å². The Morgan fingerprint density at radius 2 is 1.80 bits per heavy atom. The van der Waals surface area contributed by atoms with Crippen molar-refractivity contribution in [3.05, 3.63) is 59.7 Å². The largest absolute Gasteiger partial charge is 0.495 e. The first-order valence-corrected chi connectivity index (χ1v) is 8.88. The number of hydrogen-bond donors (Lipinski definition) is 0. The van der Waals surface area contributed by atoms with E-state index in [1.807, 2.05) is 23.1 Å². The van der Waals surface area contributed by atoms with Gasteiger partial charge < -0.3 is 14.5 Å². The number of methoxy groups -OCH3 is 1. The van der Waals surface area contributed by atoms with Gasteiger partial charge in [0.2, 0.25) is 5.91 Å². The summed E-state index contributed by atoms with van der Waals surface area (Å²) in [6, 6.07) is 16.5. The van der Waals surface area contributed by atoms with Crippen LogP contribution in [0.25, 0.3) is 0 Å². The summed E-state index contributed by atoms with van der Waals surface area (Å²) >= 11 is 0. The number of anilines is 1. The van der Waals surface area contributed by atoms with E-state index in [1.54, 1.807) is 7.11 Å². The van der Waals surface area contributed by atoms with Crippen LogP contribution >= 0.6 is 0 Å². The fraction of sp³-hybridized carbons (Fsp3) is 0.381. The van der Waals surface area contributed by atoms with Crippen molar-refractivity contribution >= 4 is 11.6 Å². The van der Waals surface area contributed by atoms with Gasteiger partial charge in [-0.1, -0.05) is 42.0 Å². The quantitative estimate of drug-likeness (QED) is 0.839. The van der Waals surface area contributed by atoms with Gasteiger partial charge in [0.15, 0.2) is 0 Å². The van der Waals surface area contributed by atoms with Crippen LogP contribution in [0.1, 0.15) is 17.5 Å². The molecule has 1 fully saturated rings. The normalized spacial score (nSPS) is 14.5. The average molecular weight is 338 g/mol. The van der Waals surface area contributed by atoms with Crippen LogP contribution in [0, 0.1) is 6.92 Å². The van der Waals surface area contributed by atoms with E-state index in [0.29, 0.717) is 6.42 Å². The molecule has 0 bridgehead atoms. The average Bonchev–Trinajstić information content (AvgIpc) is 2.66. The number of hydrogen-bond acceptors (Lipinski definition) is 3. The third-order valence-electron chi connectivity index (χ3n) is 4.77. The number of benzene rings is 2. The first-order valence-electron chi connectivity index (χ1n) is 8.88. The van der Waals surface area contributed by atoms with E-state index in [4.69, 9.17) is 4.74 Å². The zero-order chi connectivity index (χ0) is 17.6. The molecule has 0 aromatic heterocycles. The Morgan fingerprint density at radius 1 is 1.04 bits per heavy atom. The molecule has 1 aliphatic heterocycles. The Morgan fingerprint density at radius 3 is 2.52 bits per heavy atom. The maximum absolute atomic E-state index is 12.5. The predicted molar refractivity (Wildman–Crippen MR) is 101 cm³/mol. The standard InChI is InChI=1S/C21H26N2O2/c1-17-6-5-7-18(16-17)10-11-21(24)23-14-12-22(13-15-23)19-8-3-4-9-20(19)25-2/h3-9,16H,10-15H2,1-2H3. The van der Waals surface area contributed by atoms with Gasteiger partial charge in [-0.15, -0.1) is 0 Å². The van der Waals surface area contributed by atoms with Gasteiger partial charge in [-0.3, -0.25) is 4.79 Å². The molecule has 0 spiro atoms. The molecule has 1 heterocycles. The molecule has 2 aromatic carbocycles. The fourth-order valence-corrected chi connectivity index (χ4v) is 3.36. The van der Waals surface area contributed by atoms with Crippen LogP contribution < -0.4 is 9.64 Å². The molecule has 4 nitrogen and oxygen atoms in total. The molecule has 2 aromatic rings. The zero-order valence-corrected chi connectivity index (χ0v) is 15.1. The minimum Gasteiger partial charge on any atom is -0.495 e. The molecule has 0 N–H and O–H groups in total. The van der Waals surface area contributed by atoms with Gasteiger partial charge >= 0.3 is 0 Å². The Kier molecular flexibility index (Phi) is 5.59. The monoisotopic (exact) mass is 338 g/mol. The van der Waals surface area contributed by atoms with Gasteiger partial charge in [0, 0.05) is 32.6 Å². The topological polar surface area (TPSA) is 32.8 Å². The summed E-state index contributed by atoms with van der Waals surface area (Å²) in [5.41, 5.74) is 3.59. The van der Waals surface area contributed by atoms with Crippen LogP contribution in [0.2, 0.25) is 0 Å². The van der Waals surface area contributed by atoms with Crippen LogP contribution in [0.4, 0.5) is 5.69 Å². The number of ether oxygens (including phenoxy) is 1. The van der Waals surface area contributed by atoms with Gasteiger partial charge in [-0.2, -0.15) is 0 Å². The number of aryl methyl sites for hydroxylation is 2. The summed E-state index contributed by atoms with van der Waals surface area (Å²) in [5.74, 6) is 1.14. The van der Waals surface area contributed by atoms with E-state index < -0.39 is 0 Å². The molecule has 4 heteroatoms. The smallest absolute Gasteiger partial charge is 0.223 e. The van der Waals surface area contributed by atoms with Crippen molar-refractivity contribution in [1.82, 2.24) is 4.90 Å². The Balaban J connectivity index is 1.52. The molecule has 3 rings (SSSR count). The fourth-order valence-electron chi connectivity index (χ4n) is 3.36. The molecule has 0 atom stereocenters. The second-order valence-corrected chi connectivity index (χ2v) is 6.53. The number of carbonyl (C=O) groups is 1. The number of amides is 1. The number of rotatable bonds is 5. The number of carbonyl (C=O) groups excluding carboxylic acids is 1. The Bertz CT molecular complexity index is 721. The lowest BCUT2D eigenvalue weighted by Crippen LogP contribution is -2.48. The van der Waals surface area contributed by atoms with Gasteiger partial charge in [-0.05, 0) is 31.0 Å². The molecule has 0 aliphatic carbocycles. The third kappa shape index (κ3) is 4.32. The molecule has 0 saturated carbocycles. The van der Waals surface area contributed by atoms with E-state index in [1.165, 1.54) is 11.1 Å². The van der Waals surface area contributed by atoms with Crippen LogP contribution in [0.3, 0.4) is 0 Å². The van der Waals surface area contributed by atoms with E-state index >= 15 is 0 Å². The molecule has 1 aliphatic rings. The lowest BCUT2D eigenvalue weighted by atomic mass is 10.1. The number of piperazine rings is 1. The molecule has 1 amide bonds. The first kappa shape index (κ1) is 17.3. The highest BCUT2D eigenvalue weighted by Gasteiger charge is 2.22. The van der Waals surface area contributed by atoms with Crippen molar-refractivity contribution in [2.75, 3.05) is 38.2 Å². The maximum Gasteiger partial charge on any atom is 0.223 e. The minimum absolute atomic E-state index is 0.251. The summed E-state index contributed by atoms with van der Waals surface area (Å²) in [6.45, 7) is 5.31. The second kappa shape index (κ2) is 8.06. The molecular formula is C21H26N2O2. The van der Waals surface area contributed by atoms with E-state index in [2.05, 4.69) is 42.2 Å². The summed E-state index contributed by atoms with van der Waals surface area (Å²) in [7, 11) is 1.70. The first-order chi connectivity index (χ1) is 12.2. The lowest BCUT2D eigenvalue weighted by molar-refractivity contribution is -0.131. The molecular weight excluding hydrogens is 312 g/mol. The maximum atomic E-state index is 12.5. The van der Waals surface area contributed by atoms with Gasteiger partial charge in [0.1, 0.15) is 5.75 Å².